The normalized spacial score (nSPS) is 10.5. The highest BCUT2D eigenvalue weighted by atomic mass is 35.5. The van der Waals surface area contributed by atoms with Gasteiger partial charge in [0.25, 0.3) is 0 Å². The lowest BCUT2D eigenvalue weighted by atomic mass is 10.2. The summed E-state index contributed by atoms with van der Waals surface area (Å²) in [6, 6.07) is 9.25. The molecule has 3 aromatic rings. The standard InChI is InChI=1S/C22H22ClFN4O4S/c1-4-9-28-20(12-32-17-8-6-5-7-15(17)24)26-27-22(28)33-13-21(29)25-16-11-18(30-2)14(23)10-19(16)31-3/h4-8,10-11H,1,9,12-13H2,2-3H3,(H,25,29). The van der Waals surface area contributed by atoms with Gasteiger partial charge in [0.15, 0.2) is 22.5 Å². The lowest BCUT2D eigenvalue weighted by molar-refractivity contribution is -0.113. The number of hydrogen-bond acceptors (Lipinski definition) is 7. The average Bonchev–Trinajstić information content (AvgIpc) is 3.19. The van der Waals surface area contributed by atoms with Crippen molar-refractivity contribution in [3.8, 4) is 17.2 Å². The summed E-state index contributed by atoms with van der Waals surface area (Å²) in [5.74, 6) is 0.703. The minimum Gasteiger partial charge on any atom is -0.495 e. The molecule has 3 rings (SSSR count). The quantitative estimate of drug-likeness (QED) is 0.309. The van der Waals surface area contributed by atoms with Gasteiger partial charge in [0, 0.05) is 18.7 Å². The Balaban J connectivity index is 1.67. The lowest BCUT2D eigenvalue weighted by Crippen LogP contribution is -2.15. The van der Waals surface area contributed by atoms with Gasteiger partial charge in [-0.15, -0.1) is 16.8 Å². The number of amides is 1. The second-order valence-corrected chi connectivity index (χ2v) is 7.89. The first-order valence-corrected chi connectivity index (χ1v) is 11.1. The van der Waals surface area contributed by atoms with E-state index >= 15 is 0 Å². The third-order valence-electron chi connectivity index (χ3n) is 4.38. The van der Waals surface area contributed by atoms with Gasteiger partial charge >= 0.3 is 0 Å². The summed E-state index contributed by atoms with van der Waals surface area (Å²) in [5, 5.41) is 11.9. The zero-order valence-corrected chi connectivity index (χ0v) is 19.6. The monoisotopic (exact) mass is 492 g/mol. The molecular formula is C22H22ClFN4O4S. The lowest BCUT2D eigenvalue weighted by Gasteiger charge is -2.13. The van der Waals surface area contributed by atoms with E-state index in [-0.39, 0.29) is 24.0 Å². The van der Waals surface area contributed by atoms with E-state index in [1.165, 1.54) is 38.1 Å². The van der Waals surface area contributed by atoms with Gasteiger partial charge < -0.3 is 19.5 Å². The molecule has 1 heterocycles. The molecule has 174 valence electrons. The van der Waals surface area contributed by atoms with E-state index in [4.69, 9.17) is 25.8 Å². The van der Waals surface area contributed by atoms with Crippen molar-refractivity contribution in [3.63, 3.8) is 0 Å². The van der Waals surface area contributed by atoms with Gasteiger partial charge in [-0.3, -0.25) is 9.36 Å². The molecule has 0 aliphatic heterocycles. The number of para-hydroxylation sites is 1. The summed E-state index contributed by atoms with van der Waals surface area (Å²) in [7, 11) is 2.96. The summed E-state index contributed by atoms with van der Waals surface area (Å²) < 4.78 is 31.5. The van der Waals surface area contributed by atoms with E-state index in [9.17, 15) is 9.18 Å². The highest BCUT2D eigenvalue weighted by Crippen LogP contribution is 2.36. The number of nitrogens with one attached hydrogen (secondary N) is 1. The van der Waals surface area contributed by atoms with Crippen LogP contribution in [-0.4, -0.2) is 40.6 Å². The molecule has 0 radical (unpaired) electrons. The number of rotatable bonds is 11. The van der Waals surface area contributed by atoms with E-state index in [1.54, 1.807) is 34.9 Å². The number of carbonyl (C=O) groups is 1. The number of methoxy groups -OCH3 is 2. The number of hydrogen-bond donors (Lipinski definition) is 1. The van der Waals surface area contributed by atoms with E-state index in [0.29, 0.717) is 39.7 Å². The first kappa shape index (κ1) is 24.4. The zero-order valence-electron chi connectivity index (χ0n) is 18.0. The summed E-state index contributed by atoms with van der Waals surface area (Å²) >= 11 is 7.29. The van der Waals surface area contributed by atoms with Gasteiger partial charge in [-0.25, -0.2) is 4.39 Å². The Morgan fingerprint density at radius 3 is 2.67 bits per heavy atom. The largest absolute Gasteiger partial charge is 0.495 e. The van der Waals surface area contributed by atoms with Crippen molar-refractivity contribution in [1.82, 2.24) is 14.8 Å². The highest BCUT2D eigenvalue weighted by molar-refractivity contribution is 7.99. The molecule has 11 heteroatoms. The minimum absolute atomic E-state index is 0.0102. The fourth-order valence-electron chi connectivity index (χ4n) is 2.82. The van der Waals surface area contributed by atoms with Crippen LogP contribution in [0.15, 0.2) is 54.2 Å². The molecule has 1 aromatic heterocycles. The summed E-state index contributed by atoms with van der Waals surface area (Å²) in [6.07, 6.45) is 1.67. The van der Waals surface area contributed by atoms with Crippen molar-refractivity contribution in [3.05, 3.63) is 65.7 Å². The van der Waals surface area contributed by atoms with Crippen LogP contribution < -0.4 is 19.5 Å². The molecule has 0 saturated heterocycles. The molecule has 0 saturated carbocycles. The SMILES string of the molecule is C=CCn1c(COc2ccccc2F)nnc1SCC(=O)Nc1cc(OC)c(Cl)cc1OC. The Bertz CT molecular complexity index is 1140. The second-order valence-electron chi connectivity index (χ2n) is 6.54. The van der Waals surface area contributed by atoms with Crippen LogP contribution in [0.4, 0.5) is 10.1 Å². The number of halogens is 2. The number of anilines is 1. The van der Waals surface area contributed by atoms with Crippen molar-refractivity contribution in [2.24, 2.45) is 0 Å². The number of thioether (sulfide) groups is 1. The van der Waals surface area contributed by atoms with Crippen LogP contribution >= 0.6 is 23.4 Å². The Hall–Kier alpha value is -3.24. The number of ether oxygens (including phenoxy) is 3. The van der Waals surface area contributed by atoms with Crippen LogP contribution in [0, 0.1) is 5.82 Å². The van der Waals surface area contributed by atoms with E-state index in [0.717, 1.165) is 0 Å². The summed E-state index contributed by atoms with van der Waals surface area (Å²) in [4.78, 5) is 12.6. The molecular weight excluding hydrogens is 471 g/mol. The third kappa shape index (κ3) is 6.17. The topological polar surface area (TPSA) is 87.5 Å². The maximum Gasteiger partial charge on any atom is 0.234 e. The predicted molar refractivity (Wildman–Crippen MR) is 125 cm³/mol. The third-order valence-corrected chi connectivity index (χ3v) is 5.64. The molecule has 1 amide bonds. The first-order valence-electron chi connectivity index (χ1n) is 9.71. The maximum atomic E-state index is 13.8. The van der Waals surface area contributed by atoms with Gasteiger partial charge in [-0.05, 0) is 12.1 Å². The Morgan fingerprint density at radius 2 is 1.97 bits per heavy atom. The van der Waals surface area contributed by atoms with Crippen molar-refractivity contribution in [2.75, 3.05) is 25.3 Å². The highest BCUT2D eigenvalue weighted by Gasteiger charge is 2.17. The molecule has 2 aromatic carbocycles. The molecule has 0 bridgehead atoms. The van der Waals surface area contributed by atoms with Crippen molar-refractivity contribution in [2.45, 2.75) is 18.3 Å². The van der Waals surface area contributed by atoms with Crippen LogP contribution in [0.25, 0.3) is 0 Å². The van der Waals surface area contributed by atoms with Crippen LogP contribution in [0.2, 0.25) is 5.02 Å². The van der Waals surface area contributed by atoms with Gasteiger partial charge in [0.05, 0.1) is 30.7 Å². The van der Waals surface area contributed by atoms with Gasteiger partial charge in [-0.1, -0.05) is 41.6 Å². The summed E-state index contributed by atoms with van der Waals surface area (Å²) in [6.45, 7) is 4.15. The van der Waals surface area contributed by atoms with Gasteiger partial charge in [0.1, 0.15) is 18.1 Å². The first-order chi connectivity index (χ1) is 16.0. The minimum atomic E-state index is -0.465. The molecule has 0 fully saturated rings. The van der Waals surface area contributed by atoms with Crippen LogP contribution in [-0.2, 0) is 17.9 Å². The fraction of sp³-hybridized carbons (Fsp3) is 0.227. The number of benzene rings is 2. The molecule has 0 spiro atoms. The molecule has 0 atom stereocenters. The van der Waals surface area contributed by atoms with Crippen LogP contribution in [0.5, 0.6) is 17.2 Å². The number of allylic oxidation sites excluding steroid dienone is 1. The van der Waals surface area contributed by atoms with Crippen LogP contribution in [0.3, 0.4) is 0 Å². The predicted octanol–water partition coefficient (Wildman–Crippen LogP) is 4.58. The van der Waals surface area contributed by atoms with Crippen molar-refractivity contribution < 1.29 is 23.4 Å². The van der Waals surface area contributed by atoms with Gasteiger partial charge in [-0.2, -0.15) is 0 Å². The number of aromatic nitrogens is 3. The van der Waals surface area contributed by atoms with Crippen molar-refractivity contribution >= 4 is 35.0 Å². The average molecular weight is 493 g/mol. The van der Waals surface area contributed by atoms with E-state index in [2.05, 4.69) is 22.1 Å². The molecule has 0 unspecified atom stereocenters. The Labute approximate surface area is 199 Å². The van der Waals surface area contributed by atoms with Crippen LogP contribution in [0.1, 0.15) is 5.82 Å². The number of nitrogens with zero attached hydrogens (tertiary/aromatic N) is 3. The van der Waals surface area contributed by atoms with E-state index in [1.807, 2.05) is 0 Å². The van der Waals surface area contributed by atoms with Gasteiger partial charge in [0.2, 0.25) is 5.91 Å². The molecule has 8 nitrogen and oxygen atoms in total. The second kappa shape index (κ2) is 11.6. The summed E-state index contributed by atoms with van der Waals surface area (Å²) in [5.41, 5.74) is 0.427. The maximum absolute atomic E-state index is 13.8. The number of carbonyl (C=O) groups excluding carboxylic acids is 1. The fourth-order valence-corrected chi connectivity index (χ4v) is 3.82. The molecule has 0 aliphatic rings. The molecule has 1 N–H and O–H groups in total. The smallest absolute Gasteiger partial charge is 0.234 e. The molecule has 0 aliphatic carbocycles. The van der Waals surface area contributed by atoms with E-state index < -0.39 is 5.82 Å². The zero-order chi connectivity index (χ0) is 23.8. The Morgan fingerprint density at radius 1 is 1.21 bits per heavy atom. The molecule has 33 heavy (non-hydrogen) atoms. The van der Waals surface area contributed by atoms with Crippen molar-refractivity contribution in [1.29, 1.82) is 0 Å². The Kier molecular flexibility index (Phi) is 8.56.